The zero-order chi connectivity index (χ0) is 29.1. The summed E-state index contributed by atoms with van der Waals surface area (Å²) in [4.78, 5) is 47.8. The fraction of sp³-hybridized carbons (Fsp3) is 0.552. The zero-order valence-electron chi connectivity index (χ0n) is 23.8. The van der Waals surface area contributed by atoms with E-state index in [-0.39, 0.29) is 12.6 Å². The standard InChI is InChI=1S/C29H37FN6O4/c1-6-7-12-35-24(19-37)18-34(21(2)22-8-9-26(31-15-22)36-17-23(30)16-32-36)25(20-38)29(35)10-13-33(14-11-29)27(39)40-28(3,4)5/h8-9,15-17,21H,6-7,10-14,18H2,1-5H3/t21-/m0/s1. The molecule has 1 spiro atoms. The molecule has 40 heavy (non-hydrogen) atoms. The van der Waals surface area contributed by atoms with Crippen LogP contribution >= 0.6 is 0 Å². The SMILES string of the molecule is CCCCN1C(=C=O)CN([C@@H](C)c2ccc(-n3cc(F)cn3)nc2)C(=C=O)C12CCN(C(=O)OC(C)(C)C)CC2. The number of unbranched alkanes of at least 4 members (excludes halogenated alkanes) is 1. The van der Waals surface area contributed by atoms with Crippen LogP contribution in [-0.2, 0) is 14.3 Å². The highest BCUT2D eigenvalue weighted by Crippen LogP contribution is 2.45. The predicted octanol–water partition coefficient (Wildman–Crippen LogP) is 4.09. The molecule has 0 unspecified atom stereocenters. The van der Waals surface area contributed by atoms with Crippen LogP contribution in [0.15, 0.2) is 42.1 Å². The fourth-order valence-corrected chi connectivity index (χ4v) is 5.49. The molecular weight excluding hydrogens is 515 g/mol. The molecule has 10 nitrogen and oxygen atoms in total. The van der Waals surface area contributed by atoms with E-state index in [1.54, 1.807) is 17.2 Å². The third kappa shape index (κ3) is 5.81. The molecule has 11 heteroatoms. The average molecular weight is 553 g/mol. The van der Waals surface area contributed by atoms with Crippen LogP contribution in [0.4, 0.5) is 9.18 Å². The Morgan fingerprint density at radius 1 is 1.18 bits per heavy atom. The lowest BCUT2D eigenvalue weighted by Gasteiger charge is -2.56. The van der Waals surface area contributed by atoms with Crippen molar-refractivity contribution in [1.29, 1.82) is 0 Å². The van der Waals surface area contributed by atoms with Gasteiger partial charge in [-0.15, -0.1) is 0 Å². The Hall–Kier alpha value is -3.94. The van der Waals surface area contributed by atoms with Crippen LogP contribution in [0, 0.1) is 5.82 Å². The highest BCUT2D eigenvalue weighted by atomic mass is 19.1. The van der Waals surface area contributed by atoms with Crippen LogP contribution in [0.25, 0.3) is 5.82 Å². The Morgan fingerprint density at radius 3 is 2.42 bits per heavy atom. The van der Waals surface area contributed by atoms with Gasteiger partial charge < -0.3 is 19.4 Å². The van der Waals surface area contributed by atoms with Crippen molar-refractivity contribution < 1.29 is 23.5 Å². The monoisotopic (exact) mass is 552 g/mol. The minimum atomic E-state index is -0.811. The number of rotatable bonds is 6. The van der Waals surface area contributed by atoms with Gasteiger partial charge in [-0.3, -0.25) is 0 Å². The molecule has 0 radical (unpaired) electrons. The number of pyridine rings is 1. The molecule has 0 N–H and O–H groups in total. The molecule has 1 amide bonds. The van der Waals surface area contributed by atoms with Gasteiger partial charge in [0.1, 0.15) is 28.9 Å². The second-order valence-electron chi connectivity index (χ2n) is 11.4. The molecule has 2 aliphatic rings. The number of hydrogen-bond donors (Lipinski definition) is 0. The van der Waals surface area contributed by atoms with Crippen molar-refractivity contribution in [3.63, 3.8) is 0 Å². The van der Waals surface area contributed by atoms with Gasteiger partial charge >= 0.3 is 6.09 Å². The molecule has 2 aliphatic heterocycles. The zero-order valence-corrected chi connectivity index (χ0v) is 23.8. The maximum Gasteiger partial charge on any atom is 0.410 e. The van der Waals surface area contributed by atoms with E-state index in [1.165, 1.54) is 10.9 Å². The highest BCUT2D eigenvalue weighted by molar-refractivity contribution is 5.69. The largest absolute Gasteiger partial charge is 0.444 e. The number of ether oxygens (including phenoxy) is 1. The van der Waals surface area contributed by atoms with Crippen LogP contribution in [0.3, 0.4) is 0 Å². The van der Waals surface area contributed by atoms with Crippen LogP contribution in [0.5, 0.6) is 0 Å². The molecule has 2 fully saturated rings. The van der Waals surface area contributed by atoms with Gasteiger partial charge in [0.15, 0.2) is 11.6 Å². The second kappa shape index (κ2) is 11.7. The van der Waals surface area contributed by atoms with Crippen LogP contribution < -0.4 is 0 Å². The van der Waals surface area contributed by atoms with E-state index < -0.39 is 23.1 Å². The minimum absolute atomic E-state index is 0.197. The highest BCUT2D eigenvalue weighted by Gasteiger charge is 2.52. The van der Waals surface area contributed by atoms with Gasteiger partial charge in [-0.2, -0.15) is 5.10 Å². The number of likely N-dealkylation sites (tertiary alicyclic amines) is 1. The molecule has 1 atom stereocenters. The number of nitrogens with zero attached hydrogens (tertiary/aromatic N) is 6. The van der Waals surface area contributed by atoms with Crippen molar-refractivity contribution in [3.8, 4) is 5.82 Å². The molecule has 214 valence electrons. The molecular formula is C29H37FN6O4. The van der Waals surface area contributed by atoms with Crippen molar-refractivity contribution in [1.82, 2.24) is 29.5 Å². The molecule has 2 aromatic rings. The van der Waals surface area contributed by atoms with E-state index in [1.807, 2.05) is 43.6 Å². The lowest BCUT2D eigenvalue weighted by Crippen LogP contribution is -2.64. The summed E-state index contributed by atoms with van der Waals surface area (Å²) < 4.78 is 20.3. The quantitative estimate of drug-likeness (QED) is 0.494. The Kier molecular flexibility index (Phi) is 8.47. The first-order valence-electron chi connectivity index (χ1n) is 13.7. The smallest absolute Gasteiger partial charge is 0.410 e. The Balaban J connectivity index is 1.65. The first-order chi connectivity index (χ1) is 19.0. The summed E-state index contributed by atoms with van der Waals surface area (Å²) in [6.07, 6.45) is 6.25. The average Bonchev–Trinajstić information content (AvgIpc) is 3.37. The van der Waals surface area contributed by atoms with Crippen molar-refractivity contribution >= 4 is 18.0 Å². The van der Waals surface area contributed by atoms with E-state index in [0.717, 1.165) is 24.6 Å². The summed E-state index contributed by atoms with van der Waals surface area (Å²) in [5.74, 6) is 4.38. The number of piperidine rings is 1. The van der Waals surface area contributed by atoms with Gasteiger partial charge in [0.05, 0.1) is 30.5 Å². The van der Waals surface area contributed by atoms with Gasteiger partial charge in [-0.1, -0.05) is 19.4 Å². The topological polar surface area (TPSA) is 101 Å². The number of carbonyl (C=O) groups is 1. The maximum absolute atomic E-state index is 13.4. The maximum atomic E-state index is 13.4. The van der Waals surface area contributed by atoms with Gasteiger partial charge in [-0.05, 0) is 58.6 Å². The summed E-state index contributed by atoms with van der Waals surface area (Å²) >= 11 is 0. The number of hydrogen-bond acceptors (Lipinski definition) is 8. The van der Waals surface area contributed by atoms with Crippen LogP contribution in [-0.4, -0.2) is 84.8 Å². The van der Waals surface area contributed by atoms with E-state index in [0.29, 0.717) is 49.7 Å². The van der Waals surface area contributed by atoms with Crippen LogP contribution in [0.2, 0.25) is 0 Å². The van der Waals surface area contributed by atoms with Crippen molar-refractivity contribution in [2.24, 2.45) is 0 Å². The van der Waals surface area contributed by atoms with E-state index in [2.05, 4.69) is 28.9 Å². The summed E-state index contributed by atoms with van der Waals surface area (Å²) in [6.45, 7) is 11.0. The number of halogens is 1. The second-order valence-corrected chi connectivity index (χ2v) is 11.4. The lowest BCUT2D eigenvalue weighted by molar-refractivity contribution is -0.00815. The van der Waals surface area contributed by atoms with Crippen molar-refractivity contribution in [2.45, 2.75) is 77.5 Å². The molecule has 0 aliphatic carbocycles. The molecule has 0 aromatic carbocycles. The molecule has 0 bridgehead atoms. The molecule has 4 heterocycles. The van der Waals surface area contributed by atoms with E-state index in [9.17, 15) is 18.8 Å². The van der Waals surface area contributed by atoms with E-state index >= 15 is 0 Å². The molecule has 0 saturated carbocycles. The summed E-state index contributed by atoms with van der Waals surface area (Å²) in [5, 5.41) is 3.95. The fourth-order valence-electron chi connectivity index (χ4n) is 5.49. The number of carbonyl (C=O) groups excluding carboxylic acids is 3. The lowest BCUT2D eigenvalue weighted by atomic mass is 9.79. The first kappa shape index (κ1) is 29.1. The predicted molar refractivity (Wildman–Crippen MR) is 146 cm³/mol. The van der Waals surface area contributed by atoms with Gasteiger partial charge in [0.25, 0.3) is 0 Å². The number of aromatic nitrogens is 3. The number of amides is 1. The summed E-state index contributed by atoms with van der Waals surface area (Å²) in [5.41, 5.74) is 0.304. The van der Waals surface area contributed by atoms with E-state index in [4.69, 9.17) is 4.74 Å². The van der Waals surface area contributed by atoms with Gasteiger partial charge in [0.2, 0.25) is 0 Å². The molecule has 2 aromatic heterocycles. The number of piperazine rings is 1. The van der Waals surface area contributed by atoms with Crippen molar-refractivity contribution in [3.05, 3.63) is 53.5 Å². The first-order valence-corrected chi connectivity index (χ1v) is 13.7. The third-order valence-corrected chi connectivity index (χ3v) is 7.59. The third-order valence-electron chi connectivity index (χ3n) is 7.59. The Labute approximate surface area is 234 Å². The summed E-state index contributed by atoms with van der Waals surface area (Å²) in [7, 11) is 0. The van der Waals surface area contributed by atoms with Crippen molar-refractivity contribution in [2.75, 3.05) is 26.2 Å². The Morgan fingerprint density at radius 2 is 1.90 bits per heavy atom. The van der Waals surface area contributed by atoms with Crippen LogP contribution in [0.1, 0.15) is 71.9 Å². The normalized spacial score (nSPS) is 18.0. The van der Waals surface area contributed by atoms with Gasteiger partial charge in [-0.25, -0.2) is 28.4 Å². The van der Waals surface area contributed by atoms with Gasteiger partial charge in [0, 0.05) is 25.8 Å². The molecule has 4 rings (SSSR count). The Bertz CT molecular complexity index is 1310. The summed E-state index contributed by atoms with van der Waals surface area (Å²) in [6, 6.07) is 3.25. The molecule has 2 saturated heterocycles. The minimum Gasteiger partial charge on any atom is -0.444 e.